The number of fused-ring (bicyclic) bond motifs is 1. The molecule has 4 fully saturated rings. The first-order valence-electron chi connectivity index (χ1n) is 7.94. The molecule has 3 heteroatoms. The molecule has 2 N–H and O–H groups in total. The van der Waals surface area contributed by atoms with E-state index in [-0.39, 0.29) is 6.04 Å². The second-order valence-electron chi connectivity index (χ2n) is 7.57. The van der Waals surface area contributed by atoms with Gasteiger partial charge in [0.05, 0.1) is 6.26 Å². The van der Waals surface area contributed by atoms with E-state index < -0.39 is 0 Å². The van der Waals surface area contributed by atoms with E-state index in [1.165, 1.54) is 48.8 Å². The molecule has 2 aromatic heterocycles. The first-order chi connectivity index (χ1) is 9.72. The summed E-state index contributed by atoms with van der Waals surface area (Å²) in [7, 11) is 0. The SMILES string of the molecule is NC(c1cc2ccoc2s1)C12CC3CC(CC(C3)C1)C2. The third kappa shape index (κ3) is 1.54. The Hall–Kier alpha value is -0.800. The van der Waals surface area contributed by atoms with Gasteiger partial charge in [0.25, 0.3) is 0 Å². The molecule has 0 aromatic carbocycles. The zero-order valence-corrected chi connectivity index (χ0v) is 12.5. The Balaban J connectivity index is 1.53. The lowest BCUT2D eigenvalue weighted by atomic mass is 9.47. The highest BCUT2D eigenvalue weighted by Gasteiger charge is 2.53. The van der Waals surface area contributed by atoms with Crippen molar-refractivity contribution in [2.45, 2.75) is 44.6 Å². The van der Waals surface area contributed by atoms with Gasteiger partial charge in [0, 0.05) is 16.3 Å². The van der Waals surface area contributed by atoms with Gasteiger partial charge in [-0.1, -0.05) is 0 Å². The molecule has 106 valence electrons. The van der Waals surface area contributed by atoms with Gasteiger partial charge in [0.15, 0.2) is 4.90 Å². The van der Waals surface area contributed by atoms with Crippen LogP contribution < -0.4 is 5.73 Å². The monoisotopic (exact) mass is 287 g/mol. The van der Waals surface area contributed by atoms with E-state index in [2.05, 4.69) is 12.1 Å². The molecule has 0 amide bonds. The third-order valence-corrected chi connectivity index (χ3v) is 7.34. The minimum Gasteiger partial charge on any atom is -0.454 e. The van der Waals surface area contributed by atoms with Gasteiger partial charge >= 0.3 is 0 Å². The van der Waals surface area contributed by atoms with Crippen LogP contribution in [0.4, 0.5) is 0 Å². The molecular weight excluding hydrogens is 266 g/mol. The molecule has 2 heterocycles. The van der Waals surface area contributed by atoms with Crippen LogP contribution >= 0.6 is 11.3 Å². The van der Waals surface area contributed by atoms with Gasteiger partial charge < -0.3 is 10.2 Å². The standard InChI is InChI=1S/C17H21NOS/c18-15(14-6-13-1-2-19-16(13)20-14)17-7-10-3-11(8-17)5-12(4-10)9-17/h1-2,6,10-12,15H,3-5,7-9,18H2. The van der Waals surface area contributed by atoms with E-state index in [1.54, 1.807) is 17.6 Å². The predicted molar refractivity (Wildman–Crippen MR) is 81.6 cm³/mol. The fraction of sp³-hybridized carbons (Fsp3) is 0.647. The molecule has 4 saturated carbocycles. The van der Waals surface area contributed by atoms with E-state index in [0.29, 0.717) is 5.41 Å². The average molecular weight is 287 g/mol. The minimum atomic E-state index is 0.225. The summed E-state index contributed by atoms with van der Waals surface area (Å²) in [6, 6.07) is 4.55. The molecule has 2 aromatic rings. The number of thiophene rings is 1. The molecule has 0 spiro atoms. The molecule has 1 unspecified atom stereocenters. The Kier molecular flexibility index (Phi) is 2.30. The molecule has 2 nitrogen and oxygen atoms in total. The average Bonchev–Trinajstić information content (AvgIpc) is 2.96. The molecule has 0 radical (unpaired) electrons. The second kappa shape index (κ2) is 3.89. The second-order valence-corrected chi connectivity index (χ2v) is 8.62. The summed E-state index contributed by atoms with van der Waals surface area (Å²) in [5.74, 6) is 2.90. The molecule has 1 atom stereocenters. The van der Waals surface area contributed by atoms with E-state index in [0.717, 1.165) is 22.7 Å². The summed E-state index contributed by atoms with van der Waals surface area (Å²) in [5.41, 5.74) is 7.19. The van der Waals surface area contributed by atoms with Gasteiger partial charge in [0.2, 0.25) is 0 Å². The fourth-order valence-electron chi connectivity index (χ4n) is 5.80. The van der Waals surface area contributed by atoms with Crippen LogP contribution in [-0.2, 0) is 0 Å². The first kappa shape index (κ1) is 11.8. The van der Waals surface area contributed by atoms with Crippen molar-refractivity contribution in [2.24, 2.45) is 28.9 Å². The third-order valence-electron chi connectivity index (χ3n) is 6.22. The lowest BCUT2D eigenvalue weighted by Gasteiger charge is -2.58. The normalized spacial score (nSPS) is 40.5. The van der Waals surface area contributed by atoms with Crippen molar-refractivity contribution in [1.82, 2.24) is 0 Å². The van der Waals surface area contributed by atoms with Crippen molar-refractivity contribution >= 4 is 21.6 Å². The largest absolute Gasteiger partial charge is 0.454 e. The van der Waals surface area contributed by atoms with Gasteiger partial charge in [-0.15, -0.1) is 11.3 Å². The predicted octanol–water partition coefficient (Wildman–Crippen LogP) is 4.71. The number of hydrogen-bond acceptors (Lipinski definition) is 3. The molecule has 20 heavy (non-hydrogen) atoms. The molecule has 0 saturated heterocycles. The lowest BCUT2D eigenvalue weighted by Crippen LogP contribution is -2.50. The summed E-state index contributed by atoms with van der Waals surface area (Å²) in [6.07, 6.45) is 10.4. The van der Waals surface area contributed by atoms with E-state index in [1.807, 2.05) is 0 Å². The summed E-state index contributed by atoms with van der Waals surface area (Å²) in [4.78, 5) is 2.39. The number of rotatable bonds is 2. The van der Waals surface area contributed by atoms with Crippen molar-refractivity contribution in [1.29, 1.82) is 0 Å². The van der Waals surface area contributed by atoms with Crippen LogP contribution in [0.1, 0.15) is 49.4 Å². The Labute approximate surface area is 123 Å². The smallest absolute Gasteiger partial charge is 0.187 e. The highest BCUT2D eigenvalue weighted by Crippen LogP contribution is 2.63. The summed E-state index contributed by atoms with van der Waals surface area (Å²) < 4.78 is 5.53. The van der Waals surface area contributed by atoms with Gasteiger partial charge in [-0.25, -0.2) is 0 Å². The lowest BCUT2D eigenvalue weighted by molar-refractivity contribution is -0.0671. The van der Waals surface area contributed by atoms with Crippen LogP contribution in [0.5, 0.6) is 0 Å². The van der Waals surface area contributed by atoms with Crippen LogP contribution in [0.3, 0.4) is 0 Å². The Morgan fingerprint density at radius 2 is 1.80 bits per heavy atom. The van der Waals surface area contributed by atoms with Gasteiger partial charge in [-0.3, -0.25) is 0 Å². The van der Waals surface area contributed by atoms with Crippen molar-refractivity contribution < 1.29 is 4.42 Å². The summed E-state index contributed by atoms with van der Waals surface area (Å²) in [5, 5.41) is 1.23. The van der Waals surface area contributed by atoms with Gasteiger partial charge in [-0.05, 0) is 73.8 Å². The highest BCUT2D eigenvalue weighted by molar-refractivity contribution is 7.18. The van der Waals surface area contributed by atoms with Crippen LogP contribution in [0, 0.1) is 23.2 Å². The van der Waals surface area contributed by atoms with E-state index in [4.69, 9.17) is 10.2 Å². The van der Waals surface area contributed by atoms with E-state index in [9.17, 15) is 0 Å². The van der Waals surface area contributed by atoms with Crippen molar-refractivity contribution in [3.63, 3.8) is 0 Å². The van der Waals surface area contributed by atoms with Crippen LogP contribution in [-0.4, -0.2) is 0 Å². The van der Waals surface area contributed by atoms with Crippen molar-refractivity contribution in [3.05, 3.63) is 23.3 Å². The van der Waals surface area contributed by atoms with Crippen LogP contribution in [0.2, 0.25) is 0 Å². The number of nitrogens with two attached hydrogens (primary N) is 1. The van der Waals surface area contributed by atoms with E-state index >= 15 is 0 Å². The van der Waals surface area contributed by atoms with Gasteiger partial charge in [0.1, 0.15) is 0 Å². The van der Waals surface area contributed by atoms with Crippen molar-refractivity contribution in [3.8, 4) is 0 Å². The van der Waals surface area contributed by atoms with Crippen molar-refractivity contribution in [2.75, 3.05) is 0 Å². The van der Waals surface area contributed by atoms with Gasteiger partial charge in [-0.2, -0.15) is 0 Å². The zero-order valence-electron chi connectivity index (χ0n) is 11.7. The zero-order chi connectivity index (χ0) is 13.3. The topological polar surface area (TPSA) is 39.2 Å². The maximum absolute atomic E-state index is 6.79. The molecule has 6 rings (SSSR count). The Morgan fingerprint density at radius 1 is 1.15 bits per heavy atom. The first-order valence-corrected chi connectivity index (χ1v) is 8.76. The minimum absolute atomic E-state index is 0.225. The maximum Gasteiger partial charge on any atom is 0.187 e. The van der Waals surface area contributed by atoms with Crippen LogP contribution in [0.15, 0.2) is 22.8 Å². The maximum atomic E-state index is 6.79. The number of hydrogen-bond donors (Lipinski definition) is 1. The molecule has 4 aliphatic rings. The highest BCUT2D eigenvalue weighted by atomic mass is 32.1. The quantitative estimate of drug-likeness (QED) is 0.868. The molecule has 4 bridgehead atoms. The fourth-order valence-corrected chi connectivity index (χ4v) is 6.92. The molecule has 4 aliphatic carbocycles. The van der Waals surface area contributed by atoms with Crippen LogP contribution in [0.25, 0.3) is 10.3 Å². The summed E-state index contributed by atoms with van der Waals surface area (Å²) in [6.45, 7) is 0. The summed E-state index contributed by atoms with van der Waals surface area (Å²) >= 11 is 1.77. The Bertz CT molecular complexity index is 591. The Morgan fingerprint density at radius 3 is 2.40 bits per heavy atom. The number of furan rings is 1. The molecule has 0 aliphatic heterocycles. The molecular formula is C17H21NOS.